The van der Waals surface area contributed by atoms with Crippen molar-refractivity contribution in [1.29, 1.82) is 0 Å². The van der Waals surface area contributed by atoms with E-state index in [0.717, 1.165) is 18.6 Å². The molecule has 0 aliphatic heterocycles. The third kappa shape index (κ3) is 4.92. The third-order valence-corrected chi connectivity index (χ3v) is 4.06. The molecule has 0 bridgehead atoms. The Morgan fingerprint density at radius 3 is 2.56 bits per heavy atom. The van der Waals surface area contributed by atoms with Gasteiger partial charge in [0.05, 0.1) is 6.10 Å². The van der Waals surface area contributed by atoms with Gasteiger partial charge in [-0.1, -0.05) is 12.8 Å². The molecule has 0 saturated heterocycles. The number of amides is 1. The fraction of sp³-hybridized carbons (Fsp3) is 0.421. The van der Waals surface area contributed by atoms with Gasteiger partial charge in [0.1, 0.15) is 11.4 Å². The molecular formula is C19H24N4O2. The average Bonchev–Trinajstić information content (AvgIpc) is 3.09. The summed E-state index contributed by atoms with van der Waals surface area (Å²) in [4.78, 5) is 20.9. The average molecular weight is 340 g/mol. The van der Waals surface area contributed by atoms with E-state index in [0.29, 0.717) is 23.4 Å². The highest BCUT2D eigenvalue weighted by Crippen LogP contribution is 2.21. The summed E-state index contributed by atoms with van der Waals surface area (Å²) in [5.41, 5.74) is 1.04. The number of rotatable bonds is 6. The molecule has 2 N–H and O–H groups in total. The van der Waals surface area contributed by atoms with Crippen molar-refractivity contribution in [3.63, 3.8) is 0 Å². The Morgan fingerprint density at radius 2 is 1.88 bits per heavy atom. The molecule has 132 valence electrons. The molecule has 6 nitrogen and oxygen atoms in total. The van der Waals surface area contributed by atoms with Crippen LogP contribution in [0.5, 0.6) is 5.75 Å². The van der Waals surface area contributed by atoms with Gasteiger partial charge in [-0.25, -0.2) is 9.97 Å². The largest absolute Gasteiger partial charge is 0.491 e. The number of hydrogen-bond donors (Lipinski definition) is 2. The third-order valence-electron chi connectivity index (χ3n) is 4.06. The zero-order valence-electron chi connectivity index (χ0n) is 14.7. The second-order valence-corrected chi connectivity index (χ2v) is 6.54. The highest BCUT2D eigenvalue weighted by atomic mass is 16.5. The maximum atomic E-state index is 12.4. The van der Waals surface area contributed by atoms with Crippen LogP contribution in [0.2, 0.25) is 0 Å². The summed E-state index contributed by atoms with van der Waals surface area (Å²) < 4.78 is 5.60. The number of anilines is 2. The molecule has 0 unspecified atom stereocenters. The van der Waals surface area contributed by atoms with E-state index in [1.165, 1.54) is 12.8 Å². The van der Waals surface area contributed by atoms with Crippen LogP contribution >= 0.6 is 0 Å². The van der Waals surface area contributed by atoms with Crippen LogP contribution in [0.1, 0.15) is 50.0 Å². The van der Waals surface area contributed by atoms with Crippen molar-refractivity contribution in [2.45, 2.75) is 51.7 Å². The lowest BCUT2D eigenvalue weighted by Gasteiger charge is -2.12. The summed E-state index contributed by atoms with van der Waals surface area (Å²) in [6, 6.07) is 9.33. The van der Waals surface area contributed by atoms with Gasteiger partial charge in [0.25, 0.3) is 5.91 Å². The second kappa shape index (κ2) is 7.96. The molecule has 1 amide bonds. The first-order valence-corrected chi connectivity index (χ1v) is 8.78. The predicted molar refractivity (Wildman–Crippen MR) is 98.1 cm³/mol. The first-order chi connectivity index (χ1) is 12.1. The van der Waals surface area contributed by atoms with E-state index in [4.69, 9.17) is 4.74 Å². The van der Waals surface area contributed by atoms with E-state index in [9.17, 15) is 4.79 Å². The van der Waals surface area contributed by atoms with Crippen LogP contribution in [0.3, 0.4) is 0 Å². The molecule has 1 aromatic heterocycles. The zero-order chi connectivity index (χ0) is 17.6. The van der Waals surface area contributed by atoms with Crippen molar-refractivity contribution in [2.24, 2.45) is 0 Å². The standard InChI is InChI=1S/C19H24N4O2/c1-13(2)25-16-9-7-15(8-10-16)21-18(24)17-11-12-20-19(23-17)22-14-5-3-4-6-14/h7-14H,3-6H2,1-2H3,(H,21,24)(H,20,22,23). The molecule has 3 rings (SSSR count). The molecule has 1 heterocycles. The smallest absolute Gasteiger partial charge is 0.274 e. The second-order valence-electron chi connectivity index (χ2n) is 6.54. The van der Waals surface area contributed by atoms with Crippen molar-refractivity contribution >= 4 is 17.5 Å². The van der Waals surface area contributed by atoms with Crippen LogP contribution in [-0.2, 0) is 0 Å². The van der Waals surface area contributed by atoms with Crippen molar-refractivity contribution in [2.75, 3.05) is 10.6 Å². The summed E-state index contributed by atoms with van der Waals surface area (Å²) in [5.74, 6) is 1.03. The van der Waals surface area contributed by atoms with E-state index in [-0.39, 0.29) is 12.0 Å². The van der Waals surface area contributed by atoms with E-state index < -0.39 is 0 Å². The van der Waals surface area contributed by atoms with Crippen LogP contribution < -0.4 is 15.4 Å². The Labute approximate surface area is 148 Å². The summed E-state index contributed by atoms with van der Waals surface area (Å²) in [7, 11) is 0. The summed E-state index contributed by atoms with van der Waals surface area (Å²) >= 11 is 0. The van der Waals surface area contributed by atoms with Gasteiger partial charge in [0.15, 0.2) is 0 Å². The fourth-order valence-corrected chi connectivity index (χ4v) is 2.89. The molecular weight excluding hydrogens is 316 g/mol. The van der Waals surface area contributed by atoms with Crippen LogP contribution in [0, 0.1) is 0 Å². The first-order valence-electron chi connectivity index (χ1n) is 8.78. The number of benzene rings is 1. The highest BCUT2D eigenvalue weighted by Gasteiger charge is 2.16. The molecule has 1 aromatic carbocycles. The van der Waals surface area contributed by atoms with E-state index in [1.807, 2.05) is 38.1 Å². The number of hydrogen-bond acceptors (Lipinski definition) is 5. The minimum Gasteiger partial charge on any atom is -0.491 e. The number of nitrogens with one attached hydrogen (secondary N) is 2. The molecule has 0 radical (unpaired) electrons. The zero-order valence-corrected chi connectivity index (χ0v) is 14.7. The van der Waals surface area contributed by atoms with Crippen molar-refractivity contribution < 1.29 is 9.53 Å². The van der Waals surface area contributed by atoms with Gasteiger partial charge in [-0.05, 0) is 57.0 Å². The van der Waals surface area contributed by atoms with Gasteiger partial charge >= 0.3 is 0 Å². The molecule has 25 heavy (non-hydrogen) atoms. The normalized spacial score (nSPS) is 14.5. The number of carbonyl (C=O) groups excluding carboxylic acids is 1. The van der Waals surface area contributed by atoms with Crippen LogP contribution in [0.15, 0.2) is 36.5 Å². The Kier molecular flexibility index (Phi) is 5.48. The molecule has 6 heteroatoms. The van der Waals surface area contributed by atoms with E-state index >= 15 is 0 Å². The monoisotopic (exact) mass is 340 g/mol. The van der Waals surface area contributed by atoms with Gasteiger partial charge in [-0.2, -0.15) is 0 Å². The molecule has 1 aliphatic rings. The number of carbonyl (C=O) groups is 1. The lowest BCUT2D eigenvalue weighted by molar-refractivity contribution is 0.102. The Balaban J connectivity index is 1.62. The van der Waals surface area contributed by atoms with Gasteiger partial charge < -0.3 is 15.4 Å². The Bertz CT molecular complexity index is 710. The fourth-order valence-electron chi connectivity index (χ4n) is 2.89. The molecule has 2 aromatic rings. The lowest BCUT2D eigenvalue weighted by Crippen LogP contribution is -2.19. The maximum absolute atomic E-state index is 12.4. The van der Waals surface area contributed by atoms with E-state index in [2.05, 4.69) is 20.6 Å². The molecule has 0 spiro atoms. The summed E-state index contributed by atoms with van der Waals surface area (Å²) in [6.07, 6.45) is 6.45. The number of ether oxygens (including phenoxy) is 1. The lowest BCUT2D eigenvalue weighted by atomic mass is 10.2. The number of aromatic nitrogens is 2. The van der Waals surface area contributed by atoms with Crippen molar-refractivity contribution in [1.82, 2.24) is 9.97 Å². The van der Waals surface area contributed by atoms with Crippen molar-refractivity contribution in [3.05, 3.63) is 42.2 Å². The first kappa shape index (κ1) is 17.2. The van der Waals surface area contributed by atoms with Gasteiger partial charge in [-0.15, -0.1) is 0 Å². The SMILES string of the molecule is CC(C)Oc1ccc(NC(=O)c2ccnc(NC3CCCC3)n2)cc1. The Morgan fingerprint density at radius 1 is 1.16 bits per heavy atom. The predicted octanol–water partition coefficient (Wildman–Crippen LogP) is 3.87. The maximum Gasteiger partial charge on any atom is 0.274 e. The van der Waals surface area contributed by atoms with Crippen LogP contribution in [-0.4, -0.2) is 28.0 Å². The van der Waals surface area contributed by atoms with Gasteiger partial charge in [-0.3, -0.25) is 4.79 Å². The van der Waals surface area contributed by atoms with Crippen molar-refractivity contribution in [3.8, 4) is 5.75 Å². The molecule has 0 atom stereocenters. The topological polar surface area (TPSA) is 76.1 Å². The summed E-state index contributed by atoms with van der Waals surface area (Å²) in [5, 5.41) is 6.15. The van der Waals surface area contributed by atoms with Crippen LogP contribution in [0.4, 0.5) is 11.6 Å². The molecule has 1 aliphatic carbocycles. The molecule has 1 fully saturated rings. The molecule has 1 saturated carbocycles. The van der Waals surface area contributed by atoms with E-state index in [1.54, 1.807) is 12.3 Å². The van der Waals surface area contributed by atoms with Gasteiger partial charge in [0.2, 0.25) is 5.95 Å². The van der Waals surface area contributed by atoms with Gasteiger partial charge in [0, 0.05) is 17.9 Å². The van der Waals surface area contributed by atoms with Crippen LogP contribution in [0.25, 0.3) is 0 Å². The highest BCUT2D eigenvalue weighted by molar-refractivity contribution is 6.02. The number of nitrogens with zero attached hydrogens (tertiary/aromatic N) is 2. The minimum absolute atomic E-state index is 0.118. The Hall–Kier alpha value is -2.63. The summed E-state index contributed by atoms with van der Waals surface area (Å²) in [6.45, 7) is 3.95. The quantitative estimate of drug-likeness (QED) is 0.835. The minimum atomic E-state index is -0.255.